The van der Waals surface area contributed by atoms with Crippen LogP contribution in [0.3, 0.4) is 0 Å². The van der Waals surface area contributed by atoms with Gasteiger partial charge in [-0.15, -0.1) is 0 Å². The van der Waals surface area contributed by atoms with E-state index in [0.29, 0.717) is 11.2 Å². The summed E-state index contributed by atoms with van der Waals surface area (Å²) in [6.07, 6.45) is -2.90. The van der Waals surface area contributed by atoms with Crippen molar-refractivity contribution in [2.45, 2.75) is 6.18 Å². The van der Waals surface area contributed by atoms with E-state index >= 15 is 0 Å². The van der Waals surface area contributed by atoms with Gasteiger partial charge < -0.3 is 5.32 Å². The van der Waals surface area contributed by atoms with Crippen molar-refractivity contribution in [3.63, 3.8) is 0 Å². The number of benzene rings is 2. The lowest BCUT2D eigenvalue weighted by atomic mass is 10.1. The number of aromatic nitrogens is 1. The maximum absolute atomic E-state index is 12.7. The Balaban J connectivity index is 1.92. The minimum Gasteiger partial charge on any atom is -0.320 e. The molecule has 0 saturated heterocycles. The zero-order valence-corrected chi connectivity index (χ0v) is 11.8. The standard InChI is InChI=1S/C17H11F3N2O/c18-17(19,20)13-7-1-5-12(10-13)16(23)22-14-8-2-4-11-6-3-9-21-15(11)14/h1-10H,(H,22,23). The van der Waals surface area contributed by atoms with Gasteiger partial charge in [0.05, 0.1) is 16.8 Å². The van der Waals surface area contributed by atoms with E-state index in [-0.39, 0.29) is 5.56 Å². The summed E-state index contributed by atoms with van der Waals surface area (Å²) in [5.41, 5.74) is 0.106. The molecule has 6 heteroatoms. The molecule has 0 unspecified atom stereocenters. The van der Waals surface area contributed by atoms with E-state index in [9.17, 15) is 18.0 Å². The van der Waals surface area contributed by atoms with Gasteiger partial charge in [0, 0.05) is 17.1 Å². The number of amides is 1. The van der Waals surface area contributed by atoms with Gasteiger partial charge in [-0.1, -0.05) is 24.3 Å². The highest BCUT2D eigenvalue weighted by Gasteiger charge is 2.30. The lowest BCUT2D eigenvalue weighted by molar-refractivity contribution is -0.137. The van der Waals surface area contributed by atoms with Gasteiger partial charge in [-0.3, -0.25) is 9.78 Å². The van der Waals surface area contributed by atoms with Gasteiger partial charge in [0.2, 0.25) is 0 Å². The van der Waals surface area contributed by atoms with Crippen molar-refractivity contribution in [2.24, 2.45) is 0 Å². The number of alkyl halides is 3. The van der Waals surface area contributed by atoms with Crippen LogP contribution in [0.2, 0.25) is 0 Å². The highest BCUT2D eigenvalue weighted by molar-refractivity contribution is 6.08. The third-order valence-corrected chi connectivity index (χ3v) is 3.33. The number of halogens is 3. The molecule has 3 rings (SSSR count). The number of carbonyl (C=O) groups excluding carboxylic acids is 1. The highest BCUT2D eigenvalue weighted by Crippen LogP contribution is 2.30. The van der Waals surface area contributed by atoms with Gasteiger partial charge in [0.15, 0.2) is 0 Å². The smallest absolute Gasteiger partial charge is 0.320 e. The largest absolute Gasteiger partial charge is 0.416 e. The third-order valence-electron chi connectivity index (χ3n) is 3.33. The molecule has 3 aromatic rings. The Morgan fingerprint density at radius 2 is 1.74 bits per heavy atom. The molecule has 0 spiro atoms. The summed E-state index contributed by atoms with van der Waals surface area (Å²) in [4.78, 5) is 16.4. The summed E-state index contributed by atoms with van der Waals surface area (Å²) < 4.78 is 38.2. The molecule has 0 aliphatic carbocycles. The molecule has 23 heavy (non-hydrogen) atoms. The topological polar surface area (TPSA) is 42.0 Å². The fourth-order valence-electron chi connectivity index (χ4n) is 2.24. The molecule has 0 bridgehead atoms. The Hall–Kier alpha value is -2.89. The highest BCUT2D eigenvalue weighted by atomic mass is 19.4. The van der Waals surface area contributed by atoms with Crippen molar-refractivity contribution in [1.29, 1.82) is 0 Å². The van der Waals surface area contributed by atoms with Crippen molar-refractivity contribution in [3.8, 4) is 0 Å². The molecule has 0 radical (unpaired) electrons. The number of fused-ring (bicyclic) bond motifs is 1. The van der Waals surface area contributed by atoms with Crippen LogP contribution in [-0.2, 0) is 6.18 Å². The zero-order chi connectivity index (χ0) is 16.4. The molecule has 0 atom stereocenters. The number of nitrogens with one attached hydrogen (secondary N) is 1. The van der Waals surface area contributed by atoms with Crippen LogP contribution in [0.5, 0.6) is 0 Å². The third kappa shape index (κ3) is 3.15. The van der Waals surface area contributed by atoms with Crippen molar-refractivity contribution in [1.82, 2.24) is 4.98 Å². The number of pyridine rings is 1. The number of rotatable bonds is 2. The average molecular weight is 316 g/mol. The summed E-state index contributed by atoms with van der Waals surface area (Å²) in [6, 6.07) is 13.1. The molecule has 2 aromatic carbocycles. The molecule has 0 aliphatic heterocycles. The number of anilines is 1. The number of hydrogen-bond acceptors (Lipinski definition) is 2. The Bertz CT molecular complexity index is 870. The molecule has 0 saturated carbocycles. The second kappa shape index (κ2) is 5.72. The Morgan fingerprint density at radius 1 is 1.00 bits per heavy atom. The Kier molecular flexibility index (Phi) is 3.73. The molecule has 1 N–H and O–H groups in total. The van der Waals surface area contributed by atoms with E-state index in [1.165, 1.54) is 12.1 Å². The van der Waals surface area contributed by atoms with E-state index in [1.54, 1.807) is 24.4 Å². The molecule has 1 amide bonds. The minimum absolute atomic E-state index is 0.0623. The minimum atomic E-state index is -4.49. The normalized spacial score (nSPS) is 11.4. The maximum Gasteiger partial charge on any atom is 0.416 e. The van der Waals surface area contributed by atoms with Crippen molar-refractivity contribution in [3.05, 3.63) is 71.9 Å². The number of hydrogen-bond donors (Lipinski definition) is 1. The van der Waals surface area contributed by atoms with E-state index < -0.39 is 17.6 Å². The lowest BCUT2D eigenvalue weighted by Gasteiger charge is -2.10. The molecule has 116 valence electrons. The van der Waals surface area contributed by atoms with Crippen LogP contribution in [0.1, 0.15) is 15.9 Å². The summed E-state index contributed by atoms with van der Waals surface area (Å²) in [7, 11) is 0. The predicted octanol–water partition coefficient (Wildman–Crippen LogP) is 4.51. The van der Waals surface area contributed by atoms with E-state index in [1.807, 2.05) is 12.1 Å². The Labute approximate surface area is 129 Å². The quantitative estimate of drug-likeness (QED) is 0.756. The monoisotopic (exact) mass is 316 g/mol. The number of para-hydroxylation sites is 1. The first-order valence-electron chi connectivity index (χ1n) is 6.77. The fourth-order valence-corrected chi connectivity index (χ4v) is 2.24. The molecule has 3 nitrogen and oxygen atoms in total. The van der Waals surface area contributed by atoms with Crippen LogP contribution < -0.4 is 5.32 Å². The predicted molar refractivity (Wildman–Crippen MR) is 81.1 cm³/mol. The van der Waals surface area contributed by atoms with Crippen LogP contribution in [-0.4, -0.2) is 10.9 Å². The first-order valence-corrected chi connectivity index (χ1v) is 6.77. The number of nitrogens with zero attached hydrogens (tertiary/aromatic N) is 1. The first kappa shape index (κ1) is 15.0. The zero-order valence-electron chi connectivity index (χ0n) is 11.8. The lowest BCUT2D eigenvalue weighted by Crippen LogP contribution is -2.14. The molecule has 0 fully saturated rings. The Morgan fingerprint density at radius 3 is 2.52 bits per heavy atom. The van der Waals surface area contributed by atoms with Crippen LogP contribution in [0.4, 0.5) is 18.9 Å². The van der Waals surface area contributed by atoms with E-state index in [0.717, 1.165) is 17.5 Å². The van der Waals surface area contributed by atoms with Crippen molar-refractivity contribution in [2.75, 3.05) is 5.32 Å². The molecular weight excluding hydrogens is 305 g/mol. The van der Waals surface area contributed by atoms with Gasteiger partial charge in [-0.05, 0) is 30.3 Å². The van der Waals surface area contributed by atoms with Crippen molar-refractivity contribution < 1.29 is 18.0 Å². The van der Waals surface area contributed by atoms with Gasteiger partial charge in [-0.25, -0.2) is 0 Å². The molecule has 1 heterocycles. The summed E-state index contributed by atoms with van der Waals surface area (Å²) in [5, 5.41) is 3.44. The van der Waals surface area contributed by atoms with E-state index in [4.69, 9.17) is 0 Å². The average Bonchev–Trinajstić information content (AvgIpc) is 2.54. The van der Waals surface area contributed by atoms with Gasteiger partial charge in [-0.2, -0.15) is 13.2 Å². The van der Waals surface area contributed by atoms with E-state index in [2.05, 4.69) is 10.3 Å². The summed E-state index contributed by atoms with van der Waals surface area (Å²) in [5.74, 6) is -0.616. The maximum atomic E-state index is 12.7. The second-order valence-electron chi connectivity index (χ2n) is 4.91. The summed E-state index contributed by atoms with van der Waals surface area (Å²) in [6.45, 7) is 0. The fraction of sp³-hybridized carbons (Fsp3) is 0.0588. The van der Waals surface area contributed by atoms with Gasteiger partial charge in [0.1, 0.15) is 0 Å². The molecular formula is C17H11F3N2O. The van der Waals surface area contributed by atoms with Gasteiger partial charge >= 0.3 is 6.18 Å². The number of carbonyl (C=O) groups is 1. The van der Waals surface area contributed by atoms with Crippen LogP contribution >= 0.6 is 0 Å². The SMILES string of the molecule is O=C(Nc1cccc2cccnc12)c1cccc(C(F)(F)F)c1. The van der Waals surface area contributed by atoms with Gasteiger partial charge in [0.25, 0.3) is 5.91 Å². The second-order valence-corrected chi connectivity index (χ2v) is 4.91. The van der Waals surface area contributed by atoms with Crippen LogP contribution in [0.15, 0.2) is 60.8 Å². The molecule has 0 aliphatic rings. The first-order chi connectivity index (χ1) is 10.9. The summed E-state index contributed by atoms with van der Waals surface area (Å²) >= 11 is 0. The van der Waals surface area contributed by atoms with Crippen LogP contribution in [0, 0.1) is 0 Å². The van der Waals surface area contributed by atoms with Crippen molar-refractivity contribution >= 4 is 22.5 Å². The molecule has 1 aromatic heterocycles. The van der Waals surface area contributed by atoms with Crippen LogP contribution in [0.25, 0.3) is 10.9 Å².